The molecule has 3 aromatic carbocycles. The van der Waals surface area contributed by atoms with Crippen LogP contribution < -0.4 is 19.5 Å². The Hall–Kier alpha value is -3.78. The molecule has 1 saturated heterocycles. The van der Waals surface area contributed by atoms with E-state index in [4.69, 9.17) is 14.6 Å². The lowest BCUT2D eigenvalue weighted by Crippen LogP contribution is -2.45. The van der Waals surface area contributed by atoms with Gasteiger partial charge in [0.2, 0.25) is 32.7 Å². The Morgan fingerprint density at radius 2 is 1.54 bits per heavy atom. The van der Waals surface area contributed by atoms with Crippen LogP contribution in [0.15, 0.2) is 82.6 Å². The van der Waals surface area contributed by atoms with Crippen molar-refractivity contribution in [2.75, 3.05) is 11.7 Å². The van der Waals surface area contributed by atoms with Crippen LogP contribution in [0.1, 0.15) is 12.0 Å². The van der Waals surface area contributed by atoms with Gasteiger partial charge in [0.05, 0.1) is 21.9 Å². The second-order valence-electron chi connectivity index (χ2n) is 8.38. The Balaban J connectivity index is 1.52. The third-order valence-corrected chi connectivity index (χ3v) is 8.82. The average molecular weight is 544 g/mol. The Labute approximate surface area is 213 Å². The van der Waals surface area contributed by atoms with Gasteiger partial charge in [0.15, 0.2) is 11.5 Å². The van der Waals surface area contributed by atoms with Crippen LogP contribution in [-0.4, -0.2) is 45.8 Å². The first-order valence-electron chi connectivity index (χ1n) is 11.0. The molecule has 11 nitrogen and oxygen atoms in total. The maximum Gasteiger partial charge on any atom is 0.252 e. The van der Waals surface area contributed by atoms with Crippen LogP contribution in [-0.2, 0) is 36.2 Å². The van der Waals surface area contributed by atoms with Gasteiger partial charge in [-0.25, -0.2) is 26.9 Å². The number of benzene rings is 3. The molecule has 2 aliphatic rings. The fourth-order valence-corrected chi connectivity index (χ4v) is 6.31. The summed E-state index contributed by atoms with van der Waals surface area (Å²) >= 11 is 0. The summed E-state index contributed by atoms with van der Waals surface area (Å²) in [6, 6.07) is 16.1. The molecule has 0 spiro atoms. The van der Waals surface area contributed by atoms with Crippen LogP contribution >= 0.6 is 0 Å². The van der Waals surface area contributed by atoms with Crippen molar-refractivity contribution in [2.24, 2.45) is 5.14 Å². The molecular weight excluding hydrogens is 522 g/mol. The largest absolute Gasteiger partial charge is 0.454 e. The quantitative estimate of drug-likeness (QED) is 0.441. The van der Waals surface area contributed by atoms with Crippen LogP contribution in [0.4, 0.5) is 5.69 Å². The molecule has 37 heavy (non-hydrogen) atoms. The Morgan fingerprint density at radius 1 is 0.865 bits per heavy atom. The minimum atomic E-state index is -4.22. The van der Waals surface area contributed by atoms with E-state index in [9.17, 15) is 26.4 Å². The van der Waals surface area contributed by atoms with Gasteiger partial charge in [-0.15, -0.1) is 0 Å². The van der Waals surface area contributed by atoms with Crippen molar-refractivity contribution < 1.29 is 35.9 Å². The molecule has 1 fully saturated rings. The molecule has 0 radical (unpaired) electrons. The summed E-state index contributed by atoms with van der Waals surface area (Å²) in [5.74, 6) is -0.423. The lowest BCUT2D eigenvalue weighted by molar-refractivity contribution is -0.122. The molecule has 0 bridgehead atoms. The SMILES string of the molecule is NS(=O)(=O)c1ccc(N2C(=O)CC(N(Cc3ccc4c(c3)OCO4)S(=O)(=O)c3ccccc3)C2=O)cc1. The molecule has 0 saturated carbocycles. The van der Waals surface area contributed by atoms with E-state index in [1.54, 1.807) is 36.4 Å². The molecule has 1 unspecified atom stereocenters. The third kappa shape index (κ3) is 4.69. The molecule has 5 rings (SSSR count). The van der Waals surface area contributed by atoms with Crippen molar-refractivity contribution >= 4 is 37.5 Å². The molecule has 192 valence electrons. The van der Waals surface area contributed by atoms with Gasteiger partial charge in [0.25, 0.3) is 5.91 Å². The van der Waals surface area contributed by atoms with E-state index < -0.39 is 44.3 Å². The van der Waals surface area contributed by atoms with E-state index in [0.717, 1.165) is 9.21 Å². The third-order valence-electron chi connectivity index (χ3n) is 6.02. The number of rotatable bonds is 7. The molecule has 2 N–H and O–H groups in total. The number of primary sulfonamides is 1. The number of carbonyl (C=O) groups is 2. The van der Waals surface area contributed by atoms with Gasteiger partial charge in [-0.3, -0.25) is 9.59 Å². The van der Waals surface area contributed by atoms with E-state index >= 15 is 0 Å². The average Bonchev–Trinajstić information content (AvgIpc) is 3.45. The summed E-state index contributed by atoms with van der Waals surface area (Å²) in [4.78, 5) is 27.1. The second-order valence-corrected chi connectivity index (χ2v) is 11.8. The van der Waals surface area contributed by atoms with Crippen molar-refractivity contribution in [3.05, 3.63) is 78.4 Å². The molecule has 2 aliphatic heterocycles. The van der Waals surface area contributed by atoms with Gasteiger partial charge >= 0.3 is 0 Å². The first kappa shape index (κ1) is 24.9. The van der Waals surface area contributed by atoms with Crippen molar-refractivity contribution in [2.45, 2.75) is 28.8 Å². The molecule has 3 aromatic rings. The highest BCUT2D eigenvalue weighted by molar-refractivity contribution is 7.89. The monoisotopic (exact) mass is 543 g/mol. The Kier molecular flexibility index (Phi) is 6.23. The first-order valence-corrected chi connectivity index (χ1v) is 14.0. The molecule has 2 amide bonds. The fourth-order valence-electron chi connectivity index (χ4n) is 4.21. The van der Waals surface area contributed by atoms with Crippen molar-refractivity contribution in [1.29, 1.82) is 0 Å². The minimum absolute atomic E-state index is 0.0352. The zero-order valence-corrected chi connectivity index (χ0v) is 20.8. The van der Waals surface area contributed by atoms with Gasteiger partial charge in [-0.05, 0) is 54.1 Å². The highest BCUT2D eigenvalue weighted by atomic mass is 32.2. The molecule has 0 aromatic heterocycles. The molecule has 2 heterocycles. The molecule has 1 atom stereocenters. The number of nitrogens with two attached hydrogens (primary N) is 1. The molecule has 0 aliphatic carbocycles. The van der Waals surface area contributed by atoms with Gasteiger partial charge in [0.1, 0.15) is 6.04 Å². The first-order chi connectivity index (χ1) is 17.6. The number of hydrogen-bond acceptors (Lipinski definition) is 8. The maximum absolute atomic E-state index is 13.7. The zero-order valence-electron chi connectivity index (χ0n) is 19.2. The van der Waals surface area contributed by atoms with E-state index in [1.807, 2.05) is 0 Å². The number of sulfonamides is 2. The van der Waals surface area contributed by atoms with E-state index in [1.165, 1.54) is 36.4 Å². The number of ether oxygens (including phenoxy) is 2. The smallest absolute Gasteiger partial charge is 0.252 e. The number of imide groups is 1. The molecular formula is C24H21N3O8S2. The number of carbonyl (C=O) groups excluding carboxylic acids is 2. The maximum atomic E-state index is 13.7. The number of hydrogen-bond donors (Lipinski definition) is 1. The van der Waals surface area contributed by atoms with Crippen LogP contribution in [0.2, 0.25) is 0 Å². The van der Waals surface area contributed by atoms with Crippen molar-refractivity contribution in [1.82, 2.24) is 4.31 Å². The number of nitrogens with zero attached hydrogens (tertiary/aromatic N) is 2. The van der Waals surface area contributed by atoms with Crippen LogP contribution in [0.5, 0.6) is 11.5 Å². The van der Waals surface area contributed by atoms with Gasteiger partial charge in [0, 0.05) is 6.54 Å². The summed E-state index contributed by atoms with van der Waals surface area (Å²) in [6.07, 6.45) is -0.396. The standard InChI is InChI=1S/C24H21N3O8S2/c25-36(30,31)18-9-7-17(8-10-18)27-23(28)13-20(24(27)29)26(37(32,33)19-4-2-1-3-5-19)14-16-6-11-21-22(12-16)35-15-34-21/h1-12,20H,13-15H2,(H2,25,30,31). The molecule has 13 heteroatoms. The zero-order chi connectivity index (χ0) is 26.4. The fraction of sp³-hybridized carbons (Fsp3) is 0.167. The minimum Gasteiger partial charge on any atom is -0.454 e. The number of amides is 2. The topological polar surface area (TPSA) is 153 Å². The van der Waals surface area contributed by atoms with E-state index in [-0.39, 0.29) is 28.8 Å². The highest BCUT2D eigenvalue weighted by Crippen LogP contribution is 2.35. The van der Waals surface area contributed by atoms with Crippen LogP contribution in [0, 0.1) is 0 Å². The van der Waals surface area contributed by atoms with Crippen molar-refractivity contribution in [3.8, 4) is 11.5 Å². The van der Waals surface area contributed by atoms with Crippen molar-refractivity contribution in [3.63, 3.8) is 0 Å². The lowest BCUT2D eigenvalue weighted by Gasteiger charge is -2.27. The van der Waals surface area contributed by atoms with Crippen LogP contribution in [0.3, 0.4) is 0 Å². The lowest BCUT2D eigenvalue weighted by atomic mass is 10.1. The van der Waals surface area contributed by atoms with Crippen LogP contribution in [0.25, 0.3) is 0 Å². The summed E-state index contributed by atoms with van der Waals surface area (Å²) < 4.78 is 62.3. The summed E-state index contributed by atoms with van der Waals surface area (Å²) in [5, 5.41) is 5.12. The summed E-state index contributed by atoms with van der Waals surface area (Å²) in [7, 11) is -8.20. The predicted molar refractivity (Wildman–Crippen MR) is 130 cm³/mol. The van der Waals surface area contributed by atoms with Gasteiger partial charge in [-0.1, -0.05) is 24.3 Å². The number of anilines is 1. The Bertz CT molecular complexity index is 1590. The summed E-state index contributed by atoms with van der Waals surface area (Å²) in [6.45, 7) is -0.171. The van der Waals surface area contributed by atoms with E-state index in [0.29, 0.717) is 17.1 Å². The predicted octanol–water partition coefficient (Wildman–Crippen LogP) is 1.59. The highest BCUT2D eigenvalue weighted by Gasteiger charge is 2.47. The van der Waals surface area contributed by atoms with Gasteiger partial charge in [-0.2, -0.15) is 4.31 Å². The van der Waals surface area contributed by atoms with E-state index in [2.05, 4.69) is 0 Å². The second kappa shape index (κ2) is 9.27. The Morgan fingerprint density at radius 3 is 2.22 bits per heavy atom. The normalized spacial score (nSPS) is 17.6. The number of fused-ring (bicyclic) bond motifs is 1. The summed E-state index contributed by atoms with van der Waals surface area (Å²) in [5.41, 5.74) is 0.630. The van der Waals surface area contributed by atoms with Gasteiger partial charge < -0.3 is 9.47 Å².